The predicted octanol–water partition coefficient (Wildman–Crippen LogP) is 4.32. The number of nitrogens with zero attached hydrogens (tertiary/aromatic N) is 1. The van der Waals surface area contributed by atoms with Crippen LogP contribution < -0.4 is 5.32 Å². The summed E-state index contributed by atoms with van der Waals surface area (Å²) in [5, 5.41) is 6.18. The number of aromatic nitrogens is 1. The van der Waals surface area contributed by atoms with E-state index in [9.17, 15) is 4.79 Å². The molecule has 0 saturated carbocycles. The van der Waals surface area contributed by atoms with Crippen LogP contribution in [0.1, 0.15) is 25.7 Å². The fourth-order valence-corrected chi connectivity index (χ4v) is 5.86. The van der Waals surface area contributed by atoms with Crippen LogP contribution in [0.25, 0.3) is 5.00 Å². The lowest BCUT2D eigenvalue weighted by molar-refractivity contribution is 0.0951. The van der Waals surface area contributed by atoms with Gasteiger partial charge in [0.2, 0.25) is 0 Å². The first-order valence-electron chi connectivity index (χ1n) is 7.49. The lowest BCUT2D eigenvalue weighted by atomic mass is 10.1. The van der Waals surface area contributed by atoms with Gasteiger partial charge in [0.1, 0.15) is 5.00 Å². The first kappa shape index (κ1) is 15.1. The van der Waals surface area contributed by atoms with Crippen molar-refractivity contribution >= 4 is 40.3 Å². The van der Waals surface area contributed by atoms with E-state index in [-0.39, 0.29) is 5.91 Å². The predicted molar refractivity (Wildman–Crippen MR) is 99.0 cm³/mol. The average molecular weight is 361 g/mol. The van der Waals surface area contributed by atoms with Crippen molar-refractivity contribution in [3.05, 3.63) is 62.9 Å². The lowest BCUT2D eigenvalue weighted by Gasteiger charge is -2.13. The molecule has 0 unspecified atom stereocenters. The molecule has 3 aromatic heterocycles. The molecule has 3 aromatic rings. The van der Waals surface area contributed by atoms with Gasteiger partial charge in [-0.15, -0.1) is 22.7 Å². The molecule has 23 heavy (non-hydrogen) atoms. The highest BCUT2D eigenvalue weighted by molar-refractivity contribution is 7.98. The third-order valence-corrected chi connectivity index (χ3v) is 7.16. The zero-order chi connectivity index (χ0) is 15.6. The first-order valence-corrected chi connectivity index (χ1v) is 10.3. The molecule has 1 N–H and O–H groups in total. The zero-order valence-electron chi connectivity index (χ0n) is 12.5. The SMILES string of the molecule is O=C(NCc1cccs1)c1c(-n2cccc2)sc2c1CCSC2. The van der Waals surface area contributed by atoms with E-state index < -0.39 is 0 Å². The van der Waals surface area contributed by atoms with E-state index in [2.05, 4.69) is 16.0 Å². The van der Waals surface area contributed by atoms with Gasteiger partial charge in [-0.25, -0.2) is 0 Å². The van der Waals surface area contributed by atoms with Gasteiger partial charge in [-0.3, -0.25) is 4.79 Å². The molecule has 0 radical (unpaired) electrons. The van der Waals surface area contributed by atoms with Crippen molar-refractivity contribution in [1.82, 2.24) is 9.88 Å². The zero-order valence-corrected chi connectivity index (χ0v) is 14.9. The number of carbonyl (C=O) groups is 1. The van der Waals surface area contributed by atoms with Crippen LogP contribution in [0.5, 0.6) is 0 Å². The monoisotopic (exact) mass is 360 g/mol. The maximum atomic E-state index is 12.9. The molecule has 4 rings (SSSR count). The first-order chi connectivity index (χ1) is 11.3. The molecule has 0 atom stereocenters. The highest BCUT2D eigenvalue weighted by Crippen LogP contribution is 2.38. The maximum Gasteiger partial charge on any atom is 0.254 e. The van der Waals surface area contributed by atoms with Crippen LogP contribution in [0.2, 0.25) is 0 Å². The molecule has 0 aromatic carbocycles. The summed E-state index contributed by atoms with van der Waals surface area (Å²) < 4.78 is 2.06. The molecule has 0 bridgehead atoms. The molecule has 0 spiro atoms. The van der Waals surface area contributed by atoms with E-state index in [1.807, 2.05) is 47.7 Å². The molecule has 4 heterocycles. The highest BCUT2D eigenvalue weighted by Gasteiger charge is 2.26. The van der Waals surface area contributed by atoms with Gasteiger partial charge in [0.05, 0.1) is 12.1 Å². The van der Waals surface area contributed by atoms with Gasteiger partial charge in [-0.2, -0.15) is 11.8 Å². The average Bonchev–Trinajstić information content (AvgIpc) is 3.31. The van der Waals surface area contributed by atoms with Gasteiger partial charge in [0.15, 0.2) is 0 Å². The largest absolute Gasteiger partial charge is 0.347 e. The number of hydrogen-bond donors (Lipinski definition) is 1. The Kier molecular flexibility index (Phi) is 4.29. The van der Waals surface area contributed by atoms with Crippen molar-refractivity contribution in [2.75, 3.05) is 5.75 Å². The Labute approximate surface area is 147 Å². The number of fused-ring (bicyclic) bond motifs is 1. The third-order valence-electron chi connectivity index (χ3n) is 3.87. The molecule has 1 amide bonds. The molecule has 3 nitrogen and oxygen atoms in total. The summed E-state index contributed by atoms with van der Waals surface area (Å²) >= 11 is 5.38. The van der Waals surface area contributed by atoms with Crippen molar-refractivity contribution in [3.63, 3.8) is 0 Å². The number of amides is 1. The minimum absolute atomic E-state index is 0.0477. The van der Waals surface area contributed by atoms with Crippen LogP contribution in [-0.2, 0) is 18.7 Å². The van der Waals surface area contributed by atoms with Crippen LogP contribution in [0.3, 0.4) is 0 Å². The summed E-state index contributed by atoms with van der Waals surface area (Å²) in [6, 6.07) is 8.07. The van der Waals surface area contributed by atoms with E-state index in [1.54, 1.807) is 22.7 Å². The quantitative estimate of drug-likeness (QED) is 0.752. The summed E-state index contributed by atoms with van der Waals surface area (Å²) in [5.41, 5.74) is 2.12. The minimum atomic E-state index is 0.0477. The molecule has 0 fully saturated rings. The van der Waals surface area contributed by atoms with Crippen molar-refractivity contribution < 1.29 is 4.79 Å². The lowest BCUT2D eigenvalue weighted by Crippen LogP contribution is -2.24. The Morgan fingerprint density at radius 2 is 2.13 bits per heavy atom. The van der Waals surface area contributed by atoms with Crippen molar-refractivity contribution in [2.45, 2.75) is 18.7 Å². The molecular weight excluding hydrogens is 344 g/mol. The second-order valence-corrected chi connectivity index (χ2v) is 8.56. The normalized spacial score (nSPS) is 13.7. The number of nitrogens with one attached hydrogen (secondary N) is 1. The molecule has 0 aliphatic carbocycles. The number of carbonyl (C=O) groups excluding carboxylic acids is 1. The number of thiophene rings is 2. The van der Waals surface area contributed by atoms with Crippen LogP contribution in [0.4, 0.5) is 0 Å². The Morgan fingerprint density at radius 3 is 2.91 bits per heavy atom. The summed E-state index contributed by atoms with van der Waals surface area (Å²) in [6.45, 7) is 0.598. The van der Waals surface area contributed by atoms with Crippen LogP contribution in [0.15, 0.2) is 42.0 Å². The fourth-order valence-electron chi connectivity index (χ4n) is 2.77. The number of hydrogen-bond acceptors (Lipinski definition) is 4. The van der Waals surface area contributed by atoms with Gasteiger partial charge < -0.3 is 9.88 Å². The molecule has 118 valence electrons. The van der Waals surface area contributed by atoms with Crippen LogP contribution in [-0.4, -0.2) is 16.2 Å². The van der Waals surface area contributed by atoms with Gasteiger partial charge in [-0.05, 0) is 41.3 Å². The van der Waals surface area contributed by atoms with Gasteiger partial charge in [0, 0.05) is 27.9 Å². The van der Waals surface area contributed by atoms with E-state index in [1.165, 1.54) is 15.3 Å². The number of thioether (sulfide) groups is 1. The van der Waals surface area contributed by atoms with E-state index >= 15 is 0 Å². The van der Waals surface area contributed by atoms with Crippen molar-refractivity contribution in [3.8, 4) is 5.00 Å². The summed E-state index contributed by atoms with van der Waals surface area (Å²) in [6.07, 6.45) is 5.01. The molecule has 1 aliphatic rings. The summed E-state index contributed by atoms with van der Waals surface area (Å²) in [4.78, 5) is 15.4. The van der Waals surface area contributed by atoms with E-state index in [4.69, 9.17) is 0 Å². The van der Waals surface area contributed by atoms with Crippen LogP contribution in [0, 0.1) is 0 Å². The second kappa shape index (κ2) is 6.55. The maximum absolute atomic E-state index is 12.9. The Hall–Kier alpha value is -1.50. The van der Waals surface area contributed by atoms with Gasteiger partial charge >= 0.3 is 0 Å². The molecule has 0 saturated heterocycles. The highest BCUT2D eigenvalue weighted by atomic mass is 32.2. The van der Waals surface area contributed by atoms with Crippen LogP contribution >= 0.6 is 34.4 Å². The van der Waals surface area contributed by atoms with E-state index in [0.717, 1.165) is 28.5 Å². The van der Waals surface area contributed by atoms with E-state index in [0.29, 0.717) is 6.54 Å². The minimum Gasteiger partial charge on any atom is -0.347 e. The fraction of sp³-hybridized carbons (Fsp3) is 0.235. The number of rotatable bonds is 4. The standard InChI is InChI=1S/C17H16N2OS3/c20-16(18-10-12-4-3-8-22-12)15-13-5-9-21-11-14(13)23-17(15)19-6-1-2-7-19/h1-4,6-8H,5,9-11H2,(H,18,20). The second-order valence-electron chi connectivity index (χ2n) is 5.34. The van der Waals surface area contributed by atoms with Crippen molar-refractivity contribution in [2.24, 2.45) is 0 Å². The third kappa shape index (κ3) is 2.98. The van der Waals surface area contributed by atoms with Gasteiger partial charge in [-0.1, -0.05) is 6.07 Å². The Morgan fingerprint density at radius 1 is 1.26 bits per heavy atom. The Balaban J connectivity index is 1.68. The molecule has 6 heteroatoms. The van der Waals surface area contributed by atoms with Crippen molar-refractivity contribution in [1.29, 1.82) is 0 Å². The summed E-state index contributed by atoms with van der Waals surface area (Å²) in [7, 11) is 0. The van der Waals surface area contributed by atoms with Gasteiger partial charge in [0.25, 0.3) is 5.91 Å². The topological polar surface area (TPSA) is 34.0 Å². The molecule has 1 aliphatic heterocycles. The smallest absolute Gasteiger partial charge is 0.254 e. The molecular formula is C17H16N2OS3. The summed E-state index contributed by atoms with van der Waals surface area (Å²) in [5.74, 6) is 2.17. The Bertz CT molecular complexity index is 803.